The van der Waals surface area contributed by atoms with Crippen LogP contribution in [-0.2, 0) is 9.53 Å². The van der Waals surface area contributed by atoms with Gasteiger partial charge in [0, 0.05) is 39.8 Å². The topological polar surface area (TPSA) is 44.8 Å². The van der Waals surface area contributed by atoms with E-state index in [1.54, 1.807) is 4.90 Å². The molecule has 0 saturated carbocycles. The van der Waals surface area contributed by atoms with E-state index in [4.69, 9.17) is 4.74 Å². The smallest absolute Gasteiger partial charge is 0.236 e. The monoisotopic (exact) mass is 213 g/mol. The Morgan fingerprint density at radius 2 is 2.40 bits per heavy atom. The number of hydrogen-bond donors (Lipinski definition) is 1. The highest BCUT2D eigenvalue weighted by molar-refractivity contribution is 5.78. The van der Waals surface area contributed by atoms with Gasteiger partial charge < -0.3 is 15.0 Å². The van der Waals surface area contributed by atoms with E-state index in [9.17, 15) is 4.79 Å². The number of morpholine rings is 1. The first kappa shape index (κ1) is 10.9. The van der Waals surface area contributed by atoms with Gasteiger partial charge in [-0.05, 0) is 0 Å². The van der Waals surface area contributed by atoms with Crippen molar-refractivity contribution < 1.29 is 9.53 Å². The van der Waals surface area contributed by atoms with Gasteiger partial charge in [-0.2, -0.15) is 0 Å². The van der Waals surface area contributed by atoms with Crippen LogP contribution in [0.4, 0.5) is 0 Å². The van der Waals surface area contributed by atoms with Crippen LogP contribution in [0, 0.1) is 0 Å². The zero-order valence-corrected chi connectivity index (χ0v) is 9.24. The van der Waals surface area contributed by atoms with Gasteiger partial charge in [-0.25, -0.2) is 0 Å². The molecular formula is C10H19N3O2. The number of hydrogen-bond acceptors (Lipinski definition) is 4. The van der Waals surface area contributed by atoms with Crippen molar-refractivity contribution in [2.75, 3.05) is 52.9 Å². The van der Waals surface area contributed by atoms with Gasteiger partial charge in [0.05, 0.1) is 19.3 Å². The number of carbonyl (C=O) groups excluding carboxylic acids is 1. The van der Waals surface area contributed by atoms with Crippen molar-refractivity contribution in [3.05, 3.63) is 0 Å². The number of carbonyl (C=O) groups is 1. The van der Waals surface area contributed by atoms with Crippen LogP contribution >= 0.6 is 0 Å². The van der Waals surface area contributed by atoms with Gasteiger partial charge in [0.1, 0.15) is 0 Å². The van der Waals surface area contributed by atoms with E-state index in [1.165, 1.54) is 0 Å². The van der Waals surface area contributed by atoms with Crippen LogP contribution < -0.4 is 5.32 Å². The molecule has 1 atom stereocenters. The second-order valence-corrected chi connectivity index (χ2v) is 4.25. The maximum atomic E-state index is 11.5. The molecule has 15 heavy (non-hydrogen) atoms. The third-order valence-electron chi connectivity index (χ3n) is 3.00. The number of nitrogens with zero attached hydrogens (tertiary/aromatic N) is 2. The molecule has 0 aromatic carbocycles. The Labute approximate surface area is 90.4 Å². The van der Waals surface area contributed by atoms with E-state index in [1.807, 2.05) is 7.05 Å². The fourth-order valence-corrected chi connectivity index (χ4v) is 1.99. The first-order valence-corrected chi connectivity index (χ1v) is 5.54. The average Bonchev–Trinajstić information content (AvgIpc) is 2.25. The van der Waals surface area contributed by atoms with E-state index < -0.39 is 0 Å². The Bertz CT molecular complexity index is 229. The second kappa shape index (κ2) is 4.92. The Morgan fingerprint density at radius 3 is 3.07 bits per heavy atom. The van der Waals surface area contributed by atoms with Crippen LogP contribution in [0.25, 0.3) is 0 Å². The van der Waals surface area contributed by atoms with E-state index in [2.05, 4.69) is 10.2 Å². The molecule has 0 aromatic rings. The quantitative estimate of drug-likeness (QED) is 0.622. The summed E-state index contributed by atoms with van der Waals surface area (Å²) < 4.78 is 5.61. The fourth-order valence-electron chi connectivity index (χ4n) is 1.99. The lowest BCUT2D eigenvalue weighted by molar-refractivity contribution is -0.135. The predicted octanol–water partition coefficient (Wildman–Crippen LogP) is -1.25. The summed E-state index contributed by atoms with van der Waals surface area (Å²) in [5.74, 6) is 0.213. The average molecular weight is 213 g/mol. The van der Waals surface area contributed by atoms with Gasteiger partial charge in [0.25, 0.3) is 0 Å². The van der Waals surface area contributed by atoms with Gasteiger partial charge in [0.15, 0.2) is 0 Å². The van der Waals surface area contributed by atoms with E-state index in [0.29, 0.717) is 6.54 Å². The highest BCUT2D eigenvalue weighted by atomic mass is 16.5. The van der Waals surface area contributed by atoms with Crippen molar-refractivity contribution >= 4 is 5.91 Å². The molecule has 0 radical (unpaired) electrons. The number of likely N-dealkylation sites (N-methyl/N-ethyl adjacent to an activating group) is 1. The van der Waals surface area contributed by atoms with Crippen LogP contribution in [0.5, 0.6) is 0 Å². The van der Waals surface area contributed by atoms with Gasteiger partial charge >= 0.3 is 0 Å². The Kier molecular flexibility index (Phi) is 3.56. The fraction of sp³-hybridized carbons (Fsp3) is 0.900. The molecule has 2 fully saturated rings. The van der Waals surface area contributed by atoms with Crippen molar-refractivity contribution in [1.29, 1.82) is 0 Å². The normalized spacial score (nSPS) is 29.5. The Balaban J connectivity index is 1.77. The van der Waals surface area contributed by atoms with E-state index in [-0.39, 0.29) is 12.0 Å². The van der Waals surface area contributed by atoms with Crippen molar-refractivity contribution in [1.82, 2.24) is 15.1 Å². The van der Waals surface area contributed by atoms with E-state index in [0.717, 1.165) is 39.3 Å². The molecular weight excluding hydrogens is 194 g/mol. The number of rotatable bonds is 2. The molecule has 86 valence electrons. The minimum Gasteiger partial charge on any atom is -0.374 e. The highest BCUT2D eigenvalue weighted by Gasteiger charge is 2.24. The largest absolute Gasteiger partial charge is 0.374 e. The van der Waals surface area contributed by atoms with Crippen molar-refractivity contribution in [3.8, 4) is 0 Å². The molecule has 1 unspecified atom stereocenters. The van der Waals surface area contributed by atoms with Crippen LogP contribution in [0.1, 0.15) is 0 Å². The summed E-state index contributed by atoms with van der Waals surface area (Å²) in [4.78, 5) is 15.4. The molecule has 0 aliphatic carbocycles. The van der Waals surface area contributed by atoms with Crippen LogP contribution in [0.3, 0.4) is 0 Å². The minimum atomic E-state index is 0.213. The van der Waals surface area contributed by atoms with Gasteiger partial charge in [-0.3, -0.25) is 9.69 Å². The summed E-state index contributed by atoms with van der Waals surface area (Å²) in [6.45, 7) is 5.83. The first-order valence-electron chi connectivity index (χ1n) is 5.54. The van der Waals surface area contributed by atoms with Crippen LogP contribution in [0.2, 0.25) is 0 Å². The molecule has 2 saturated heterocycles. The van der Waals surface area contributed by atoms with Gasteiger partial charge in [-0.1, -0.05) is 0 Å². The summed E-state index contributed by atoms with van der Waals surface area (Å²) in [6, 6.07) is 0. The van der Waals surface area contributed by atoms with Crippen molar-refractivity contribution in [3.63, 3.8) is 0 Å². The summed E-state index contributed by atoms with van der Waals surface area (Å²) in [6.07, 6.45) is 0.245. The number of piperazine rings is 1. The molecule has 2 rings (SSSR count). The number of amides is 1. The summed E-state index contributed by atoms with van der Waals surface area (Å²) in [7, 11) is 1.86. The highest BCUT2D eigenvalue weighted by Crippen LogP contribution is 2.05. The summed E-state index contributed by atoms with van der Waals surface area (Å²) in [5.41, 5.74) is 0. The maximum Gasteiger partial charge on any atom is 0.236 e. The Morgan fingerprint density at radius 1 is 1.53 bits per heavy atom. The first-order chi connectivity index (χ1) is 7.25. The van der Waals surface area contributed by atoms with Gasteiger partial charge in [-0.15, -0.1) is 0 Å². The standard InChI is InChI=1S/C10H19N3O2/c1-12-3-4-13(8-10(12)14)7-9-6-11-2-5-15-9/h9,11H,2-8H2,1H3. The van der Waals surface area contributed by atoms with Crippen LogP contribution in [-0.4, -0.2) is 74.7 Å². The number of ether oxygens (including phenoxy) is 1. The SMILES string of the molecule is CN1CCN(CC2CNCCO2)CC1=O. The lowest BCUT2D eigenvalue weighted by Gasteiger charge is -2.35. The second-order valence-electron chi connectivity index (χ2n) is 4.25. The molecule has 0 bridgehead atoms. The molecule has 1 amide bonds. The van der Waals surface area contributed by atoms with Crippen LogP contribution in [0.15, 0.2) is 0 Å². The third kappa shape index (κ3) is 2.90. The van der Waals surface area contributed by atoms with Crippen molar-refractivity contribution in [2.45, 2.75) is 6.10 Å². The van der Waals surface area contributed by atoms with Crippen molar-refractivity contribution in [2.24, 2.45) is 0 Å². The zero-order valence-electron chi connectivity index (χ0n) is 9.24. The molecule has 2 aliphatic heterocycles. The van der Waals surface area contributed by atoms with E-state index >= 15 is 0 Å². The minimum absolute atomic E-state index is 0.213. The van der Waals surface area contributed by atoms with Gasteiger partial charge in [0.2, 0.25) is 5.91 Å². The third-order valence-corrected chi connectivity index (χ3v) is 3.00. The lowest BCUT2D eigenvalue weighted by Crippen LogP contribution is -2.53. The molecule has 0 spiro atoms. The molecule has 1 N–H and O–H groups in total. The molecule has 0 aromatic heterocycles. The molecule has 5 heteroatoms. The number of nitrogens with one attached hydrogen (secondary N) is 1. The lowest BCUT2D eigenvalue weighted by atomic mass is 10.2. The molecule has 2 heterocycles. The molecule has 2 aliphatic rings. The predicted molar refractivity (Wildman–Crippen MR) is 56.7 cm³/mol. The Hall–Kier alpha value is -0.650. The maximum absolute atomic E-state index is 11.5. The molecule has 5 nitrogen and oxygen atoms in total. The summed E-state index contributed by atoms with van der Waals surface area (Å²) >= 11 is 0. The zero-order chi connectivity index (χ0) is 10.7. The summed E-state index contributed by atoms with van der Waals surface area (Å²) in [5, 5.41) is 3.30.